The summed E-state index contributed by atoms with van der Waals surface area (Å²) >= 11 is 11.3. The first-order chi connectivity index (χ1) is 9.36. The number of carbonyl (C=O) groups excluding carboxylic acids is 1. The van der Waals surface area contributed by atoms with Crippen LogP contribution in [0.2, 0.25) is 10.0 Å². The van der Waals surface area contributed by atoms with Gasteiger partial charge in [0.2, 0.25) is 0 Å². The third-order valence-electron chi connectivity index (χ3n) is 2.60. The number of nitrogens with one attached hydrogen (secondary N) is 1. The standard InChI is InChI=1S/C14H11Cl2FN2O/c1-7-2-8(4-9(18)3-7)14(20)19-10-5-11(15)13(17)12(16)6-10/h2-6H,18H2,1H3,(H,19,20). The molecule has 0 radical (unpaired) electrons. The van der Waals surface area contributed by atoms with Crippen molar-refractivity contribution in [1.82, 2.24) is 0 Å². The van der Waals surface area contributed by atoms with Crippen molar-refractivity contribution in [2.24, 2.45) is 0 Å². The molecule has 0 aliphatic heterocycles. The van der Waals surface area contributed by atoms with Gasteiger partial charge in [0.25, 0.3) is 5.91 Å². The van der Waals surface area contributed by atoms with Gasteiger partial charge in [-0.3, -0.25) is 4.79 Å². The van der Waals surface area contributed by atoms with Crippen LogP contribution in [0, 0.1) is 12.7 Å². The maximum Gasteiger partial charge on any atom is 0.255 e. The molecule has 104 valence electrons. The van der Waals surface area contributed by atoms with Crippen molar-refractivity contribution in [2.45, 2.75) is 6.92 Å². The smallest absolute Gasteiger partial charge is 0.255 e. The van der Waals surface area contributed by atoms with Crippen LogP contribution in [-0.2, 0) is 0 Å². The van der Waals surface area contributed by atoms with Crippen molar-refractivity contribution in [3.8, 4) is 0 Å². The Bertz CT molecular complexity index is 646. The Balaban J connectivity index is 2.28. The van der Waals surface area contributed by atoms with Gasteiger partial charge < -0.3 is 11.1 Å². The van der Waals surface area contributed by atoms with Gasteiger partial charge in [0, 0.05) is 16.9 Å². The van der Waals surface area contributed by atoms with Crippen LogP contribution in [0.3, 0.4) is 0 Å². The van der Waals surface area contributed by atoms with Crippen LogP contribution in [0.4, 0.5) is 15.8 Å². The number of hydrogen-bond acceptors (Lipinski definition) is 2. The van der Waals surface area contributed by atoms with Crippen molar-refractivity contribution >= 4 is 40.5 Å². The summed E-state index contributed by atoms with van der Waals surface area (Å²) in [5.41, 5.74) is 7.76. The molecular weight excluding hydrogens is 302 g/mol. The van der Waals surface area contributed by atoms with E-state index < -0.39 is 5.82 Å². The first-order valence-electron chi connectivity index (χ1n) is 5.70. The number of rotatable bonds is 2. The van der Waals surface area contributed by atoms with Crippen molar-refractivity contribution in [3.63, 3.8) is 0 Å². The average Bonchev–Trinajstić information content (AvgIpc) is 2.34. The normalized spacial score (nSPS) is 10.4. The summed E-state index contributed by atoms with van der Waals surface area (Å²) in [5, 5.41) is 2.28. The number of anilines is 2. The number of benzene rings is 2. The number of amides is 1. The van der Waals surface area contributed by atoms with Crippen LogP contribution >= 0.6 is 23.2 Å². The van der Waals surface area contributed by atoms with E-state index in [1.807, 2.05) is 6.92 Å². The van der Waals surface area contributed by atoms with Crippen molar-refractivity contribution in [2.75, 3.05) is 11.1 Å². The molecule has 6 heteroatoms. The second-order valence-electron chi connectivity index (χ2n) is 4.34. The quantitative estimate of drug-likeness (QED) is 0.642. The van der Waals surface area contributed by atoms with Crippen molar-refractivity contribution < 1.29 is 9.18 Å². The van der Waals surface area contributed by atoms with E-state index >= 15 is 0 Å². The van der Waals surface area contributed by atoms with Gasteiger partial charge in [0.05, 0.1) is 10.0 Å². The molecule has 0 heterocycles. The highest BCUT2D eigenvalue weighted by Gasteiger charge is 2.11. The summed E-state index contributed by atoms with van der Waals surface area (Å²) in [6.45, 7) is 1.83. The van der Waals surface area contributed by atoms with Crippen molar-refractivity contribution in [3.05, 3.63) is 57.3 Å². The van der Waals surface area contributed by atoms with Crippen LogP contribution in [-0.4, -0.2) is 5.91 Å². The van der Waals surface area contributed by atoms with Gasteiger partial charge in [-0.1, -0.05) is 23.2 Å². The molecule has 0 saturated heterocycles. The molecule has 0 spiro atoms. The van der Waals surface area contributed by atoms with E-state index in [0.717, 1.165) is 5.56 Å². The highest BCUT2D eigenvalue weighted by molar-refractivity contribution is 6.35. The van der Waals surface area contributed by atoms with E-state index in [4.69, 9.17) is 28.9 Å². The SMILES string of the molecule is Cc1cc(N)cc(C(=O)Nc2cc(Cl)c(F)c(Cl)c2)c1. The largest absolute Gasteiger partial charge is 0.399 e. The average molecular weight is 313 g/mol. The molecule has 0 aliphatic carbocycles. The van der Waals surface area contributed by atoms with Gasteiger partial charge in [0.1, 0.15) is 0 Å². The van der Waals surface area contributed by atoms with E-state index in [9.17, 15) is 9.18 Å². The second-order valence-corrected chi connectivity index (χ2v) is 5.15. The van der Waals surface area contributed by atoms with Crippen LogP contribution < -0.4 is 11.1 Å². The van der Waals surface area contributed by atoms with Crippen molar-refractivity contribution in [1.29, 1.82) is 0 Å². The summed E-state index contributed by atoms with van der Waals surface area (Å²) in [6.07, 6.45) is 0. The van der Waals surface area contributed by atoms with E-state index in [1.165, 1.54) is 12.1 Å². The molecule has 0 aliphatic rings. The number of carbonyl (C=O) groups is 1. The van der Waals surface area contributed by atoms with E-state index in [2.05, 4.69) is 5.32 Å². The Morgan fingerprint density at radius 1 is 1.15 bits per heavy atom. The molecule has 0 atom stereocenters. The van der Waals surface area contributed by atoms with Crippen LogP contribution in [0.25, 0.3) is 0 Å². The maximum atomic E-state index is 13.3. The van der Waals surface area contributed by atoms with Gasteiger partial charge in [-0.15, -0.1) is 0 Å². The fourth-order valence-corrected chi connectivity index (χ4v) is 2.26. The summed E-state index contributed by atoms with van der Waals surface area (Å²) in [6, 6.07) is 7.58. The molecule has 3 nitrogen and oxygen atoms in total. The van der Waals surface area contributed by atoms with E-state index in [0.29, 0.717) is 16.9 Å². The fourth-order valence-electron chi connectivity index (χ4n) is 1.77. The Morgan fingerprint density at radius 2 is 1.75 bits per heavy atom. The summed E-state index contributed by atoms with van der Waals surface area (Å²) < 4.78 is 13.3. The molecule has 0 saturated carbocycles. The lowest BCUT2D eigenvalue weighted by Crippen LogP contribution is -2.12. The Morgan fingerprint density at radius 3 is 2.30 bits per heavy atom. The number of hydrogen-bond donors (Lipinski definition) is 2. The third-order valence-corrected chi connectivity index (χ3v) is 3.15. The molecule has 0 bridgehead atoms. The predicted molar refractivity (Wildman–Crippen MR) is 80.0 cm³/mol. The first kappa shape index (κ1) is 14.6. The van der Waals surface area contributed by atoms with E-state index in [-0.39, 0.29) is 16.0 Å². The minimum absolute atomic E-state index is 0.156. The molecule has 20 heavy (non-hydrogen) atoms. The Labute approximate surface area is 125 Å². The minimum Gasteiger partial charge on any atom is -0.399 e. The van der Waals surface area contributed by atoms with Gasteiger partial charge in [-0.25, -0.2) is 4.39 Å². The number of aryl methyl sites for hydroxylation is 1. The highest BCUT2D eigenvalue weighted by atomic mass is 35.5. The molecule has 3 N–H and O–H groups in total. The Hall–Kier alpha value is -1.78. The lowest BCUT2D eigenvalue weighted by atomic mass is 10.1. The molecule has 1 amide bonds. The number of nitrogen functional groups attached to an aromatic ring is 1. The lowest BCUT2D eigenvalue weighted by molar-refractivity contribution is 0.102. The molecular formula is C14H11Cl2FN2O. The summed E-state index contributed by atoms with van der Waals surface area (Å²) in [7, 11) is 0. The topological polar surface area (TPSA) is 55.1 Å². The molecule has 2 aromatic carbocycles. The van der Waals surface area contributed by atoms with Gasteiger partial charge in [-0.05, 0) is 42.8 Å². The monoisotopic (exact) mass is 312 g/mol. The maximum absolute atomic E-state index is 13.3. The fraction of sp³-hybridized carbons (Fsp3) is 0.0714. The molecule has 0 aromatic heterocycles. The summed E-state index contributed by atoms with van der Waals surface area (Å²) in [5.74, 6) is -1.09. The zero-order valence-electron chi connectivity index (χ0n) is 10.5. The number of nitrogens with two attached hydrogens (primary N) is 1. The molecule has 0 fully saturated rings. The zero-order valence-corrected chi connectivity index (χ0v) is 12.0. The molecule has 0 unspecified atom stereocenters. The van der Waals surface area contributed by atoms with Crippen LogP contribution in [0.15, 0.2) is 30.3 Å². The molecule has 2 aromatic rings. The van der Waals surface area contributed by atoms with Gasteiger partial charge in [-0.2, -0.15) is 0 Å². The van der Waals surface area contributed by atoms with Gasteiger partial charge >= 0.3 is 0 Å². The zero-order chi connectivity index (χ0) is 14.9. The predicted octanol–water partition coefficient (Wildman–Crippen LogP) is 4.28. The van der Waals surface area contributed by atoms with E-state index in [1.54, 1.807) is 18.2 Å². The Kier molecular flexibility index (Phi) is 4.16. The minimum atomic E-state index is -0.717. The van der Waals surface area contributed by atoms with Gasteiger partial charge in [0.15, 0.2) is 5.82 Å². The third kappa shape index (κ3) is 3.21. The number of halogens is 3. The summed E-state index contributed by atoms with van der Waals surface area (Å²) in [4.78, 5) is 12.1. The second kappa shape index (κ2) is 5.69. The van der Waals surface area contributed by atoms with Crippen LogP contribution in [0.5, 0.6) is 0 Å². The highest BCUT2D eigenvalue weighted by Crippen LogP contribution is 2.27. The van der Waals surface area contributed by atoms with Crippen LogP contribution in [0.1, 0.15) is 15.9 Å². The molecule has 2 rings (SSSR count). The lowest BCUT2D eigenvalue weighted by Gasteiger charge is -2.08. The first-order valence-corrected chi connectivity index (χ1v) is 6.45.